The highest BCUT2D eigenvalue weighted by Crippen LogP contribution is 2.24. The number of ether oxygens (including phenoxy) is 1. The third-order valence-corrected chi connectivity index (χ3v) is 8.11. The average molecular weight is 401 g/mol. The van der Waals surface area contributed by atoms with Gasteiger partial charge in [-0.3, -0.25) is 0 Å². The zero-order valence-electron chi connectivity index (χ0n) is 14.8. The molecule has 0 aliphatic carbocycles. The van der Waals surface area contributed by atoms with E-state index in [-0.39, 0.29) is 23.8 Å². The van der Waals surface area contributed by atoms with Crippen LogP contribution in [0.4, 0.5) is 0 Å². The van der Waals surface area contributed by atoms with Gasteiger partial charge in [-0.2, -0.15) is 9.57 Å². The van der Waals surface area contributed by atoms with E-state index in [9.17, 15) is 16.8 Å². The van der Waals surface area contributed by atoms with E-state index in [2.05, 4.69) is 0 Å². The molecule has 0 bridgehead atoms. The van der Waals surface area contributed by atoms with E-state index in [0.717, 1.165) is 5.56 Å². The fraction of sp³-hybridized carbons (Fsp3) is 0.588. The fourth-order valence-electron chi connectivity index (χ4n) is 2.97. The third kappa shape index (κ3) is 5.69. The predicted octanol–water partition coefficient (Wildman–Crippen LogP) is 1.71. The van der Waals surface area contributed by atoms with Gasteiger partial charge < -0.3 is 4.74 Å². The third-order valence-electron chi connectivity index (χ3n) is 4.41. The highest BCUT2D eigenvalue weighted by Gasteiger charge is 2.37. The van der Waals surface area contributed by atoms with Crippen molar-refractivity contribution in [3.05, 3.63) is 29.8 Å². The van der Waals surface area contributed by atoms with Crippen molar-refractivity contribution in [1.82, 2.24) is 4.31 Å². The van der Waals surface area contributed by atoms with Crippen LogP contribution in [0.1, 0.15) is 31.2 Å². The molecule has 1 aliphatic heterocycles. The maximum atomic E-state index is 12.8. The standard InChI is InChI=1S/C17H24N2O5S2/c1-24-17-7-5-15(6-8-17)13-19(16-9-12-25(20,21)14-16)26(22,23)11-4-2-3-10-18/h5-8,16H,2-4,9,11-14H2,1H3. The van der Waals surface area contributed by atoms with Crippen molar-refractivity contribution in [2.75, 3.05) is 24.4 Å². The van der Waals surface area contributed by atoms with Crippen LogP contribution in [0.15, 0.2) is 24.3 Å². The minimum Gasteiger partial charge on any atom is -0.497 e. The van der Waals surface area contributed by atoms with E-state index >= 15 is 0 Å². The molecule has 1 fully saturated rings. The van der Waals surface area contributed by atoms with Crippen molar-refractivity contribution in [3.8, 4) is 11.8 Å². The fourth-order valence-corrected chi connectivity index (χ4v) is 6.58. The molecule has 1 aromatic rings. The van der Waals surface area contributed by atoms with Crippen molar-refractivity contribution in [2.24, 2.45) is 0 Å². The molecule has 7 nitrogen and oxygen atoms in total. The molecule has 2 rings (SSSR count). The Morgan fingerprint density at radius 3 is 2.50 bits per heavy atom. The smallest absolute Gasteiger partial charge is 0.214 e. The summed E-state index contributed by atoms with van der Waals surface area (Å²) in [4.78, 5) is 0. The lowest BCUT2D eigenvalue weighted by Gasteiger charge is -2.27. The van der Waals surface area contributed by atoms with Crippen LogP contribution < -0.4 is 4.74 Å². The van der Waals surface area contributed by atoms with Gasteiger partial charge in [-0.15, -0.1) is 0 Å². The van der Waals surface area contributed by atoms with Crippen molar-refractivity contribution < 1.29 is 21.6 Å². The second-order valence-electron chi connectivity index (χ2n) is 6.38. The molecule has 0 spiro atoms. The molecule has 144 valence electrons. The van der Waals surface area contributed by atoms with Gasteiger partial charge in [-0.25, -0.2) is 16.8 Å². The normalized spacial score (nSPS) is 19.3. The van der Waals surface area contributed by atoms with Crippen LogP contribution in [0.25, 0.3) is 0 Å². The number of rotatable bonds is 9. The second kappa shape index (κ2) is 8.84. The van der Waals surface area contributed by atoms with E-state index in [1.54, 1.807) is 31.4 Å². The maximum Gasteiger partial charge on any atom is 0.214 e. The molecule has 1 unspecified atom stereocenters. The number of hydrogen-bond acceptors (Lipinski definition) is 6. The van der Waals surface area contributed by atoms with E-state index in [1.165, 1.54) is 4.31 Å². The number of sulfonamides is 1. The van der Waals surface area contributed by atoms with Crippen LogP contribution in [0.3, 0.4) is 0 Å². The largest absolute Gasteiger partial charge is 0.497 e. The van der Waals surface area contributed by atoms with Crippen molar-refractivity contribution >= 4 is 19.9 Å². The Balaban J connectivity index is 2.19. The first-order valence-corrected chi connectivity index (χ1v) is 11.9. The Hall–Kier alpha value is -1.63. The molecule has 26 heavy (non-hydrogen) atoms. The zero-order valence-corrected chi connectivity index (χ0v) is 16.4. The molecule has 0 N–H and O–H groups in total. The maximum absolute atomic E-state index is 12.8. The van der Waals surface area contributed by atoms with Crippen LogP contribution >= 0.6 is 0 Å². The first-order chi connectivity index (χ1) is 12.3. The lowest BCUT2D eigenvalue weighted by atomic mass is 10.2. The summed E-state index contributed by atoms with van der Waals surface area (Å²) in [6.07, 6.45) is 1.52. The molecule has 1 aliphatic rings. The van der Waals surface area contributed by atoms with E-state index in [0.29, 0.717) is 31.4 Å². The lowest BCUT2D eigenvalue weighted by molar-refractivity contribution is 0.333. The van der Waals surface area contributed by atoms with Gasteiger partial charge in [0.25, 0.3) is 0 Å². The summed E-state index contributed by atoms with van der Waals surface area (Å²) in [5.74, 6) is 0.464. The first kappa shape index (κ1) is 20.7. The highest BCUT2D eigenvalue weighted by atomic mass is 32.2. The molecule has 1 saturated heterocycles. The quantitative estimate of drug-likeness (QED) is 0.584. The summed E-state index contributed by atoms with van der Waals surface area (Å²) in [5.41, 5.74) is 0.774. The first-order valence-electron chi connectivity index (χ1n) is 8.47. The summed E-state index contributed by atoms with van der Waals surface area (Å²) < 4.78 is 55.8. The molecule has 0 amide bonds. The van der Waals surface area contributed by atoms with Gasteiger partial charge in [-0.1, -0.05) is 12.1 Å². The van der Waals surface area contributed by atoms with E-state index in [1.807, 2.05) is 6.07 Å². The van der Waals surface area contributed by atoms with Gasteiger partial charge in [0.05, 0.1) is 30.4 Å². The lowest BCUT2D eigenvalue weighted by Crippen LogP contribution is -2.41. The number of methoxy groups -OCH3 is 1. The Morgan fingerprint density at radius 2 is 1.96 bits per heavy atom. The Labute approximate surface area is 155 Å². The number of unbranched alkanes of at least 4 members (excludes halogenated alkanes) is 2. The summed E-state index contributed by atoms with van der Waals surface area (Å²) in [5, 5.41) is 8.59. The molecule has 1 atom stereocenters. The SMILES string of the molecule is COc1ccc(CN(C2CCS(=O)(=O)C2)S(=O)(=O)CCCCC#N)cc1. The Morgan fingerprint density at radius 1 is 1.27 bits per heavy atom. The second-order valence-corrected chi connectivity index (χ2v) is 10.7. The van der Waals surface area contributed by atoms with Gasteiger partial charge in [0.1, 0.15) is 5.75 Å². The molecule has 9 heteroatoms. The van der Waals surface area contributed by atoms with E-state index < -0.39 is 25.9 Å². The van der Waals surface area contributed by atoms with Gasteiger partial charge in [-0.05, 0) is 37.0 Å². The van der Waals surface area contributed by atoms with Crippen LogP contribution in [0.2, 0.25) is 0 Å². The molecule has 1 aromatic carbocycles. The number of hydrogen-bond donors (Lipinski definition) is 0. The molecular formula is C17H24N2O5S2. The monoisotopic (exact) mass is 400 g/mol. The van der Waals surface area contributed by atoms with Gasteiger partial charge >= 0.3 is 0 Å². The number of sulfone groups is 1. The van der Waals surface area contributed by atoms with Crippen LogP contribution in [-0.2, 0) is 26.4 Å². The van der Waals surface area contributed by atoms with Gasteiger partial charge in [0, 0.05) is 19.0 Å². The molecular weight excluding hydrogens is 376 g/mol. The topological polar surface area (TPSA) is 105 Å². The number of benzene rings is 1. The van der Waals surface area contributed by atoms with Gasteiger partial charge in [0.2, 0.25) is 10.0 Å². The Kier molecular flexibility index (Phi) is 7.03. The summed E-state index contributed by atoms with van der Waals surface area (Å²) >= 11 is 0. The molecule has 0 aromatic heterocycles. The summed E-state index contributed by atoms with van der Waals surface area (Å²) in [7, 11) is -5.27. The number of nitriles is 1. The number of nitrogens with zero attached hydrogens (tertiary/aromatic N) is 2. The van der Waals surface area contributed by atoms with Crippen molar-refractivity contribution in [2.45, 2.75) is 38.3 Å². The zero-order chi connectivity index (χ0) is 19.2. The van der Waals surface area contributed by atoms with Gasteiger partial charge in [0.15, 0.2) is 9.84 Å². The van der Waals surface area contributed by atoms with E-state index in [4.69, 9.17) is 10.00 Å². The molecule has 0 radical (unpaired) electrons. The Bertz CT molecular complexity index is 842. The average Bonchev–Trinajstić information content (AvgIpc) is 2.96. The minimum atomic E-state index is -3.62. The minimum absolute atomic E-state index is 0.0146. The summed E-state index contributed by atoms with van der Waals surface area (Å²) in [6, 6.07) is 8.51. The van der Waals surface area contributed by atoms with Crippen LogP contribution in [0, 0.1) is 11.3 Å². The summed E-state index contributed by atoms with van der Waals surface area (Å²) in [6.45, 7) is 0.130. The molecule has 1 heterocycles. The molecule has 0 saturated carbocycles. The highest BCUT2D eigenvalue weighted by molar-refractivity contribution is 7.92. The van der Waals surface area contributed by atoms with Crippen LogP contribution in [-0.4, -0.2) is 51.6 Å². The van der Waals surface area contributed by atoms with Crippen molar-refractivity contribution in [1.29, 1.82) is 5.26 Å². The predicted molar refractivity (Wildman–Crippen MR) is 98.8 cm³/mol. The van der Waals surface area contributed by atoms with Crippen LogP contribution in [0.5, 0.6) is 5.75 Å². The van der Waals surface area contributed by atoms with Crippen molar-refractivity contribution in [3.63, 3.8) is 0 Å².